The van der Waals surface area contributed by atoms with E-state index in [4.69, 9.17) is 0 Å². The highest BCUT2D eigenvalue weighted by molar-refractivity contribution is 5.97. The van der Waals surface area contributed by atoms with Crippen LogP contribution >= 0.6 is 0 Å². The van der Waals surface area contributed by atoms with E-state index < -0.39 is 0 Å². The highest BCUT2D eigenvalue weighted by atomic mass is 16.2. The Balaban J connectivity index is 1.91. The van der Waals surface area contributed by atoms with Crippen molar-refractivity contribution in [3.05, 3.63) is 29.6 Å². The molecule has 2 N–H and O–H groups in total. The van der Waals surface area contributed by atoms with Crippen molar-refractivity contribution >= 4 is 23.2 Å². The zero-order valence-corrected chi connectivity index (χ0v) is 10.3. The van der Waals surface area contributed by atoms with Gasteiger partial charge in [0.25, 0.3) is 5.91 Å². The molecule has 6 nitrogen and oxygen atoms in total. The Morgan fingerprint density at radius 3 is 2.84 bits per heavy atom. The second-order valence-electron chi connectivity index (χ2n) is 4.51. The molecule has 0 radical (unpaired) electrons. The number of carbonyl (C=O) groups is 2. The summed E-state index contributed by atoms with van der Waals surface area (Å²) in [6.07, 6.45) is 0.699. The van der Waals surface area contributed by atoms with E-state index in [2.05, 4.69) is 15.3 Å². The topological polar surface area (TPSA) is 78.1 Å². The number of aldehydes is 1. The Morgan fingerprint density at radius 2 is 2.11 bits per heavy atom. The SMILES string of the molecule is O=Cc1ccc2[nH]c(C(=O)N3CCNCC3)cc2n1. The first-order valence-corrected chi connectivity index (χ1v) is 6.23. The lowest BCUT2D eigenvalue weighted by atomic mass is 10.3. The number of nitrogens with zero attached hydrogens (tertiary/aromatic N) is 2. The van der Waals surface area contributed by atoms with Gasteiger partial charge in [-0.2, -0.15) is 0 Å². The first kappa shape index (κ1) is 11.9. The van der Waals surface area contributed by atoms with Crippen LogP contribution < -0.4 is 5.32 Å². The van der Waals surface area contributed by atoms with Gasteiger partial charge in [-0.1, -0.05) is 0 Å². The van der Waals surface area contributed by atoms with Gasteiger partial charge >= 0.3 is 0 Å². The molecule has 1 saturated heterocycles. The Hall–Kier alpha value is -2.21. The number of H-pyrrole nitrogens is 1. The number of aromatic nitrogens is 2. The van der Waals surface area contributed by atoms with Crippen LogP contribution in [-0.4, -0.2) is 53.2 Å². The van der Waals surface area contributed by atoms with Gasteiger partial charge in [-0.05, 0) is 18.2 Å². The fourth-order valence-electron chi connectivity index (χ4n) is 2.24. The number of fused-ring (bicyclic) bond motifs is 1. The average Bonchev–Trinajstić information content (AvgIpc) is 2.90. The Labute approximate surface area is 109 Å². The highest BCUT2D eigenvalue weighted by Gasteiger charge is 2.19. The van der Waals surface area contributed by atoms with Gasteiger partial charge in [-0.3, -0.25) is 9.59 Å². The van der Waals surface area contributed by atoms with Crippen LogP contribution in [0.15, 0.2) is 18.2 Å². The van der Waals surface area contributed by atoms with Gasteiger partial charge in [0.2, 0.25) is 0 Å². The van der Waals surface area contributed by atoms with Gasteiger partial charge < -0.3 is 15.2 Å². The smallest absolute Gasteiger partial charge is 0.270 e. The number of hydrogen-bond acceptors (Lipinski definition) is 4. The Morgan fingerprint density at radius 1 is 1.32 bits per heavy atom. The lowest BCUT2D eigenvalue weighted by Gasteiger charge is -2.26. The molecule has 2 aromatic rings. The summed E-state index contributed by atoms with van der Waals surface area (Å²) in [6.45, 7) is 3.06. The molecule has 98 valence electrons. The Bertz CT molecular complexity index is 629. The fraction of sp³-hybridized carbons (Fsp3) is 0.308. The quantitative estimate of drug-likeness (QED) is 0.765. The number of aromatic amines is 1. The van der Waals surface area contributed by atoms with Gasteiger partial charge in [0.1, 0.15) is 11.4 Å². The molecule has 19 heavy (non-hydrogen) atoms. The molecule has 2 aromatic heterocycles. The van der Waals surface area contributed by atoms with Gasteiger partial charge in [0.05, 0.1) is 11.0 Å². The zero-order chi connectivity index (χ0) is 13.2. The summed E-state index contributed by atoms with van der Waals surface area (Å²) in [6, 6.07) is 5.10. The molecule has 1 aliphatic heterocycles. The molecule has 0 saturated carbocycles. The summed E-state index contributed by atoms with van der Waals surface area (Å²) in [4.78, 5) is 32.0. The van der Waals surface area contributed by atoms with E-state index in [0.717, 1.165) is 18.6 Å². The van der Waals surface area contributed by atoms with Gasteiger partial charge in [0, 0.05) is 26.2 Å². The summed E-state index contributed by atoms with van der Waals surface area (Å²) in [5.41, 5.74) is 2.30. The molecule has 0 atom stereocenters. The van der Waals surface area contributed by atoms with Crippen molar-refractivity contribution in [3.63, 3.8) is 0 Å². The maximum atomic E-state index is 12.3. The molecule has 3 heterocycles. The number of amides is 1. The van der Waals surface area contributed by atoms with Crippen molar-refractivity contribution < 1.29 is 9.59 Å². The summed E-state index contributed by atoms with van der Waals surface area (Å²) < 4.78 is 0. The van der Waals surface area contributed by atoms with Gasteiger partial charge in [-0.15, -0.1) is 0 Å². The lowest BCUT2D eigenvalue weighted by Crippen LogP contribution is -2.46. The third-order valence-corrected chi connectivity index (χ3v) is 3.25. The number of piperazine rings is 1. The van der Waals surface area contributed by atoms with Crippen LogP contribution in [0.4, 0.5) is 0 Å². The van der Waals surface area contributed by atoms with E-state index in [0.29, 0.717) is 36.3 Å². The minimum absolute atomic E-state index is 0.0212. The monoisotopic (exact) mass is 258 g/mol. The van der Waals surface area contributed by atoms with Crippen LogP contribution in [0.1, 0.15) is 21.0 Å². The maximum Gasteiger partial charge on any atom is 0.270 e. The van der Waals surface area contributed by atoms with Crippen molar-refractivity contribution in [2.45, 2.75) is 0 Å². The van der Waals surface area contributed by atoms with E-state index in [1.54, 1.807) is 18.2 Å². The fourth-order valence-corrected chi connectivity index (χ4v) is 2.24. The summed E-state index contributed by atoms with van der Waals surface area (Å²) in [7, 11) is 0. The van der Waals surface area contributed by atoms with E-state index in [9.17, 15) is 9.59 Å². The number of pyridine rings is 1. The first-order chi connectivity index (χ1) is 9.28. The highest BCUT2D eigenvalue weighted by Crippen LogP contribution is 2.15. The molecule has 0 aliphatic carbocycles. The molecule has 6 heteroatoms. The number of rotatable bonds is 2. The third-order valence-electron chi connectivity index (χ3n) is 3.25. The van der Waals surface area contributed by atoms with E-state index >= 15 is 0 Å². The minimum atomic E-state index is -0.0212. The lowest BCUT2D eigenvalue weighted by molar-refractivity contribution is 0.0730. The largest absolute Gasteiger partial charge is 0.349 e. The van der Waals surface area contributed by atoms with Crippen molar-refractivity contribution in [1.29, 1.82) is 0 Å². The summed E-state index contributed by atoms with van der Waals surface area (Å²) in [5.74, 6) is -0.0212. The summed E-state index contributed by atoms with van der Waals surface area (Å²) >= 11 is 0. The number of nitrogens with one attached hydrogen (secondary N) is 2. The summed E-state index contributed by atoms with van der Waals surface area (Å²) in [5, 5.41) is 3.21. The molecule has 0 unspecified atom stereocenters. The van der Waals surface area contributed by atoms with Crippen molar-refractivity contribution in [1.82, 2.24) is 20.2 Å². The van der Waals surface area contributed by atoms with Crippen LogP contribution in [0.5, 0.6) is 0 Å². The maximum absolute atomic E-state index is 12.3. The van der Waals surface area contributed by atoms with E-state index in [1.807, 2.05) is 4.90 Å². The molecule has 1 aliphatic rings. The minimum Gasteiger partial charge on any atom is -0.349 e. The van der Waals surface area contributed by atoms with Crippen LogP contribution in [-0.2, 0) is 0 Å². The second kappa shape index (κ2) is 4.81. The molecule has 0 spiro atoms. The molecule has 3 rings (SSSR count). The predicted molar refractivity (Wildman–Crippen MR) is 70.3 cm³/mol. The Kier molecular flexibility index (Phi) is 3.00. The van der Waals surface area contributed by atoms with Crippen LogP contribution in [0.25, 0.3) is 11.0 Å². The third kappa shape index (κ3) is 2.22. The van der Waals surface area contributed by atoms with Gasteiger partial charge in [0.15, 0.2) is 6.29 Å². The number of hydrogen-bond donors (Lipinski definition) is 2. The molecular formula is C13H14N4O2. The molecule has 1 amide bonds. The average molecular weight is 258 g/mol. The second-order valence-corrected chi connectivity index (χ2v) is 4.51. The molecule has 0 bridgehead atoms. The van der Waals surface area contributed by atoms with Crippen LogP contribution in [0, 0.1) is 0 Å². The molecule has 0 aromatic carbocycles. The van der Waals surface area contributed by atoms with E-state index in [1.165, 1.54) is 0 Å². The normalized spacial score (nSPS) is 15.7. The van der Waals surface area contributed by atoms with Gasteiger partial charge in [-0.25, -0.2) is 4.98 Å². The van der Waals surface area contributed by atoms with E-state index in [-0.39, 0.29) is 5.91 Å². The van der Waals surface area contributed by atoms with Crippen molar-refractivity contribution in [2.24, 2.45) is 0 Å². The number of carbonyl (C=O) groups excluding carboxylic acids is 2. The van der Waals surface area contributed by atoms with Crippen LogP contribution in [0.2, 0.25) is 0 Å². The van der Waals surface area contributed by atoms with Crippen molar-refractivity contribution in [3.8, 4) is 0 Å². The zero-order valence-electron chi connectivity index (χ0n) is 10.3. The standard InChI is InChI=1S/C13H14N4O2/c18-8-9-1-2-10-11(15-9)7-12(16-10)13(19)17-5-3-14-4-6-17/h1-2,7-8,14,16H,3-6H2. The molecule has 1 fully saturated rings. The van der Waals surface area contributed by atoms with Crippen molar-refractivity contribution in [2.75, 3.05) is 26.2 Å². The predicted octanol–water partition coefficient (Wildman–Crippen LogP) is 0.421. The van der Waals surface area contributed by atoms with Crippen LogP contribution in [0.3, 0.4) is 0 Å². The first-order valence-electron chi connectivity index (χ1n) is 6.23. The molecular weight excluding hydrogens is 244 g/mol.